The van der Waals surface area contributed by atoms with Gasteiger partial charge in [0.25, 0.3) is 5.91 Å². The minimum Gasteiger partial charge on any atom is -0.464 e. The zero-order valence-electron chi connectivity index (χ0n) is 26.7. The molecule has 2 fully saturated rings. The van der Waals surface area contributed by atoms with E-state index in [1.54, 1.807) is 6.08 Å². The number of hydrogen-bond acceptors (Lipinski definition) is 9. The second kappa shape index (κ2) is 16.2. The van der Waals surface area contributed by atoms with E-state index in [4.69, 9.17) is 13.9 Å². The molecule has 3 N–H and O–H groups in total. The van der Waals surface area contributed by atoms with E-state index < -0.39 is 18.0 Å². The molecule has 3 heterocycles. The predicted molar refractivity (Wildman–Crippen MR) is 164 cm³/mol. The van der Waals surface area contributed by atoms with Gasteiger partial charge in [0, 0.05) is 31.6 Å². The minimum atomic E-state index is -0.944. The fourth-order valence-corrected chi connectivity index (χ4v) is 5.16. The van der Waals surface area contributed by atoms with E-state index in [9.17, 15) is 14.4 Å². The summed E-state index contributed by atoms with van der Waals surface area (Å²) in [5, 5.41) is 7.57. The molecule has 43 heavy (non-hydrogen) atoms. The highest BCUT2D eigenvalue weighted by molar-refractivity contribution is 5.89. The standard InChI is InChI=1S/C32H51N5O6/c1-8-13-32(6,7)20-43-31(40)26-12-11-14-37(36-26)30(39)27(15-23-18-42-29(34-23)22(9-2)10-3)35-28(38)25(21(4)5)19-41-24-16-33-17-24/h9-10,18,21,24-27,33,36H,2,8,11-17,19-20H2,1,3-7H3,(H,35,38)/b22-10+/t25-,26-,27-/m0/s1. The molecule has 11 heteroatoms. The number of carbonyl (C=O) groups excluding carboxylic acids is 3. The molecule has 1 aromatic rings. The Morgan fingerprint density at radius 3 is 2.65 bits per heavy atom. The molecule has 0 saturated carbocycles. The van der Waals surface area contributed by atoms with E-state index in [0.29, 0.717) is 37.6 Å². The van der Waals surface area contributed by atoms with Gasteiger partial charge in [-0.25, -0.2) is 10.4 Å². The summed E-state index contributed by atoms with van der Waals surface area (Å²) < 4.78 is 17.2. The summed E-state index contributed by atoms with van der Waals surface area (Å²) in [6.07, 6.45) is 8.28. The molecule has 0 bridgehead atoms. The number of ether oxygens (including phenoxy) is 2. The normalized spacial score (nSPS) is 19.5. The van der Waals surface area contributed by atoms with Crippen LogP contribution < -0.4 is 16.1 Å². The molecule has 3 atom stereocenters. The Balaban J connectivity index is 1.75. The number of oxazole rings is 1. The lowest BCUT2D eigenvalue weighted by atomic mass is 9.89. The second-order valence-electron chi connectivity index (χ2n) is 12.7. The number of hydrogen-bond donors (Lipinski definition) is 3. The molecule has 11 nitrogen and oxygen atoms in total. The van der Waals surface area contributed by atoms with Crippen molar-refractivity contribution in [3.05, 3.63) is 36.6 Å². The van der Waals surface area contributed by atoms with Crippen LogP contribution >= 0.6 is 0 Å². The van der Waals surface area contributed by atoms with E-state index in [0.717, 1.165) is 31.5 Å². The van der Waals surface area contributed by atoms with E-state index in [1.807, 2.05) is 26.8 Å². The molecule has 1 aromatic heterocycles. The van der Waals surface area contributed by atoms with Crippen LogP contribution in [0.4, 0.5) is 0 Å². The third-order valence-corrected chi connectivity index (χ3v) is 8.02. The minimum absolute atomic E-state index is 0.00324. The van der Waals surface area contributed by atoms with Crippen molar-refractivity contribution in [1.29, 1.82) is 0 Å². The molecule has 2 aliphatic rings. The van der Waals surface area contributed by atoms with Crippen LogP contribution in [0.1, 0.15) is 78.8 Å². The number of carbonyl (C=O) groups is 3. The lowest BCUT2D eigenvalue weighted by Crippen LogP contribution is -2.61. The van der Waals surface area contributed by atoms with Gasteiger partial charge in [0.2, 0.25) is 11.8 Å². The zero-order chi connectivity index (χ0) is 31.6. The largest absolute Gasteiger partial charge is 0.464 e. The van der Waals surface area contributed by atoms with Crippen molar-refractivity contribution < 1.29 is 28.3 Å². The SMILES string of the molecule is C=C/C(=C\C)c1nc(C[C@H](NC(=O)[C@@H](COC2CNC2)C(C)C)C(=O)N2CCC[C@@H](C(=O)OCC(C)(C)CCC)N2)co1. The van der Waals surface area contributed by atoms with Crippen LogP contribution in [0.25, 0.3) is 5.57 Å². The first-order chi connectivity index (χ1) is 20.5. The zero-order valence-corrected chi connectivity index (χ0v) is 26.7. The average Bonchev–Trinajstić information content (AvgIpc) is 3.41. The smallest absolute Gasteiger partial charge is 0.324 e. The summed E-state index contributed by atoms with van der Waals surface area (Å²) in [6.45, 7) is 18.3. The Kier molecular flexibility index (Phi) is 13.0. The van der Waals surface area contributed by atoms with Crippen LogP contribution in [-0.4, -0.2) is 78.8 Å². The summed E-state index contributed by atoms with van der Waals surface area (Å²) in [5.74, 6) is -1.06. The van der Waals surface area contributed by atoms with Gasteiger partial charge in [-0.2, -0.15) is 0 Å². The molecule has 0 aromatic carbocycles. The highest BCUT2D eigenvalue weighted by atomic mass is 16.5. The topological polar surface area (TPSA) is 135 Å². The van der Waals surface area contributed by atoms with Crippen LogP contribution in [0.2, 0.25) is 0 Å². The van der Waals surface area contributed by atoms with Gasteiger partial charge in [-0.15, -0.1) is 0 Å². The van der Waals surface area contributed by atoms with Crippen LogP contribution in [0, 0.1) is 17.3 Å². The van der Waals surface area contributed by atoms with Crippen molar-refractivity contribution in [2.45, 2.75) is 91.8 Å². The third-order valence-electron chi connectivity index (χ3n) is 8.02. The fourth-order valence-electron chi connectivity index (χ4n) is 5.16. The molecular formula is C32H51N5O6. The first-order valence-electron chi connectivity index (χ1n) is 15.6. The maximum atomic E-state index is 13.9. The van der Waals surface area contributed by atoms with Gasteiger partial charge in [0.05, 0.1) is 30.9 Å². The van der Waals surface area contributed by atoms with Gasteiger partial charge in [0.15, 0.2) is 0 Å². The van der Waals surface area contributed by atoms with Crippen LogP contribution in [0.15, 0.2) is 29.4 Å². The number of nitrogens with one attached hydrogen (secondary N) is 3. The van der Waals surface area contributed by atoms with Crippen molar-refractivity contribution in [2.75, 3.05) is 32.8 Å². The molecule has 0 aliphatic carbocycles. The highest BCUT2D eigenvalue weighted by Crippen LogP contribution is 2.23. The van der Waals surface area contributed by atoms with Crippen LogP contribution in [-0.2, 0) is 30.3 Å². The number of nitrogens with zero attached hydrogens (tertiary/aromatic N) is 2. The third kappa shape index (κ3) is 10.0. The summed E-state index contributed by atoms with van der Waals surface area (Å²) in [6, 6.07) is -1.59. The Hall–Kier alpha value is -3.02. The number of allylic oxidation sites excluding steroid dienone is 3. The highest BCUT2D eigenvalue weighted by Gasteiger charge is 2.36. The molecule has 0 unspecified atom stereocenters. The lowest BCUT2D eigenvalue weighted by molar-refractivity contribution is -0.155. The first-order valence-corrected chi connectivity index (χ1v) is 15.6. The lowest BCUT2D eigenvalue weighted by Gasteiger charge is -2.36. The molecule has 0 spiro atoms. The molecule has 0 radical (unpaired) electrons. The Labute approximate surface area is 256 Å². The number of hydrazine groups is 1. The monoisotopic (exact) mass is 601 g/mol. The Morgan fingerprint density at radius 1 is 1.30 bits per heavy atom. The number of amides is 2. The molecule has 2 amide bonds. The van der Waals surface area contributed by atoms with E-state index >= 15 is 0 Å². The van der Waals surface area contributed by atoms with E-state index in [2.05, 4.69) is 48.4 Å². The van der Waals surface area contributed by atoms with Crippen molar-refractivity contribution in [3.8, 4) is 0 Å². The van der Waals surface area contributed by atoms with E-state index in [1.165, 1.54) is 11.3 Å². The molecular weight excluding hydrogens is 550 g/mol. The van der Waals surface area contributed by atoms with E-state index in [-0.39, 0.29) is 48.2 Å². The maximum absolute atomic E-state index is 13.9. The van der Waals surface area contributed by atoms with Gasteiger partial charge in [-0.3, -0.25) is 19.4 Å². The van der Waals surface area contributed by atoms with Crippen molar-refractivity contribution in [3.63, 3.8) is 0 Å². The van der Waals surface area contributed by atoms with Gasteiger partial charge < -0.3 is 24.5 Å². The quantitative estimate of drug-likeness (QED) is 0.192. The summed E-state index contributed by atoms with van der Waals surface area (Å²) >= 11 is 0. The Morgan fingerprint density at radius 2 is 2.05 bits per heavy atom. The van der Waals surface area contributed by atoms with Gasteiger partial charge >= 0.3 is 5.97 Å². The fraction of sp³-hybridized carbons (Fsp3) is 0.688. The van der Waals surface area contributed by atoms with Gasteiger partial charge in [-0.05, 0) is 37.5 Å². The van der Waals surface area contributed by atoms with Crippen molar-refractivity contribution in [1.82, 2.24) is 26.1 Å². The van der Waals surface area contributed by atoms with Gasteiger partial charge in [0.1, 0.15) is 18.3 Å². The average molecular weight is 602 g/mol. The first kappa shape index (κ1) is 34.5. The molecule has 240 valence electrons. The van der Waals surface area contributed by atoms with Crippen LogP contribution in [0.3, 0.4) is 0 Å². The number of aromatic nitrogens is 1. The summed E-state index contributed by atoms with van der Waals surface area (Å²) in [7, 11) is 0. The van der Waals surface area contributed by atoms with Gasteiger partial charge in [-0.1, -0.05) is 59.8 Å². The molecule has 2 saturated heterocycles. The second-order valence-corrected chi connectivity index (χ2v) is 12.7. The number of esters is 1. The Bertz CT molecular complexity index is 1130. The molecule has 3 rings (SSSR count). The summed E-state index contributed by atoms with van der Waals surface area (Å²) in [5.41, 5.74) is 4.19. The summed E-state index contributed by atoms with van der Waals surface area (Å²) in [4.78, 5) is 45.0. The predicted octanol–water partition coefficient (Wildman–Crippen LogP) is 3.42. The molecule has 2 aliphatic heterocycles. The van der Waals surface area contributed by atoms with Crippen molar-refractivity contribution >= 4 is 23.4 Å². The number of rotatable bonds is 16. The van der Waals surface area contributed by atoms with Crippen molar-refractivity contribution in [2.24, 2.45) is 17.3 Å². The van der Waals surface area contributed by atoms with Crippen LogP contribution in [0.5, 0.6) is 0 Å². The maximum Gasteiger partial charge on any atom is 0.324 e.